The summed E-state index contributed by atoms with van der Waals surface area (Å²) in [5.74, 6) is 6.96. The summed E-state index contributed by atoms with van der Waals surface area (Å²) in [4.78, 5) is 8.22. The van der Waals surface area contributed by atoms with Gasteiger partial charge in [0.15, 0.2) is 0 Å². The van der Waals surface area contributed by atoms with E-state index in [0.29, 0.717) is 11.9 Å². The molecule has 17 heavy (non-hydrogen) atoms. The largest absolute Gasteiger partial charge is 0.381 e. The number of hydrazine groups is 1. The fourth-order valence-electron chi connectivity index (χ4n) is 1.77. The normalized spacial score (nSPS) is 20.0. The Morgan fingerprint density at radius 2 is 2.47 bits per heavy atom. The van der Waals surface area contributed by atoms with Crippen LogP contribution in [0.15, 0.2) is 10.7 Å². The van der Waals surface area contributed by atoms with E-state index in [1.165, 1.54) is 6.42 Å². The van der Waals surface area contributed by atoms with Gasteiger partial charge in [0.2, 0.25) is 5.95 Å². The summed E-state index contributed by atoms with van der Waals surface area (Å²) in [5.41, 5.74) is 2.42. The van der Waals surface area contributed by atoms with E-state index in [1.807, 2.05) is 0 Å². The highest BCUT2D eigenvalue weighted by molar-refractivity contribution is 9.10. The summed E-state index contributed by atoms with van der Waals surface area (Å²) < 4.78 is 6.26. The molecule has 0 aliphatic carbocycles. The average molecular weight is 302 g/mol. The van der Waals surface area contributed by atoms with Crippen LogP contribution in [0.4, 0.5) is 11.8 Å². The Labute approximate surface area is 108 Å². The third kappa shape index (κ3) is 3.52. The summed E-state index contributed by atoms with van der Waals surface area (Å²) in [6.45, 7) is 2.55. The fraction of sp³-hybridized carbons (Fsp3) is 0.600. The minimum atomic E-state index is 0.399. The Kier molecular flexibility index (Phi) is 4.52. The van der Waals surface area contributed by atoms with Crippen molar-refractivity contribution < 1.29 is 4.74 Å². The Balaban J connectivity index is 1.92. The second kappa shape index (κ2) is 6.13. The van der Waals surface area contributed by atoms with Gasteiger partial charge in [0.25, 0.3) is 0 Å². The number of rotatable bonds is 4. The lowest BCUT2D eigenvalue weighted by atomic mass is 10.0. The molecule has 0 bridgehead atoms. The molecule has 2 heterocycles. The SMILES string of the molecule is NNc1ncc(Br)c(NCC2CCCOC2)n1. The summed E-state index contributed by atoms with van der Waals surface area (Å²) in [5, 5.41) is 3.28. The van der Waals surface area contributed by atoms with Gasteiger partial charge in [0, 0.05) is 19.3 Å². The molecule has 2 rings (SSSR count). The zero-order chi connectivity index (χ0) is 12.1. The number of nitrogen functional groups attached to an aromatic ring is 1. The molecule has 1 aliphatic rings. The lowest BCUT2D eigenvalue weighted by Crippen LogP contribution is -2.25. The summed E-state index contributed by atoms with van der Waals surface area (Å²) in [6.07, 6.45) is 3.99. The van der Waals surface area contributed by atoms with Crippen molar-refractivity contribution in [1.29, 1.82) is 0 Å². The summed E-state index contributed by atoms with van der Waals surface area (Å²) >= 11 is 3.40. The Bertz CT molecular complexity index is 370. The van der Waals surface area contributed by atoms with E-state index in [0.717, 1.165) is 36.5 Å². The van der Waals surface area contributed by atoms with Crippen molar-refractivity contribution in [1.82, 2.24) is 9.97 Å². The molecule has 1 unspecified atom stereocenters. The molecule has 0 saturated carbocycles. The molecule has 1 aromatic heterocycles. The van der Waals surface area contributed by atoms with Crippen LogP contribution in [0.2, 0.25) is 0 Å². The molecule has 94 valence electrons. The number of anilines is 2. The van der Waals surface area contributed by atoms with E-state index >= 15 is 0 Å². The molecule has 1 saturated heterocycles. The monoisotopic (exact) mass is 301 g/mol. The topological polar surface area (TPSA) is 85.1 Å². The van der Waals surface area contributed by atoms with E-state index in [-0.39, 0.29) is 0 Å². The maximum Gasteiger partial charge on any atom is 0.239 e. The van der Waals surface area contributed by atoms with Crippen LogP contribution in [0.3, 0.4) is 0 Å². The second-order valence-corrected chi connectivity index (χ2v) is 4.85. The molecule has 0 spiro atoms. The number of nitrogens with two attached hydrogens (primary N) is 1. The third-order valence-electron chi connectivity index (χ3n) is 2.69. The Morgan fingerprint density at radius 3 is 3.18 bits per heavy atom. The molecule has 7 heteroatoms. The van der Waals surface area contributed by atoms with E-state index in [2.05, 4.69) is 36.6 Å². The number of nitrogens with one attached hydrogen (secondary N) is 2. The van der Waals surface area contributed by atoms with Crippen LogP contribution in [-0.2, 0) is 4.74 Å². The summed E-state index contributed by atoms with van der Waals surface area (Å²) in [6, 6.07) is 0. The smallest absolute Gasteiger partial charge is 0.239 e. The molecule has 1 atom stereocenters. The highest BCUT2D eigenvalue weighted by atomic mass is 79.9. The second-order valence-electron chi connectivity index (χ2n) is 4.00. The third-order valence-corrected chi connectivity index (χ3v) is 3.27. The van der Waals surface area contributed by atoms with Crippen molar-refractivity contribution in [3.8, 4) is 0 Å². The first-order valence-electron chi connectivity index (χ1n) is 5.60. The van der Waals surface area contributed by atoms with Crippen molar-refractivity contribution in [3.63, 3.8) is 0 Å². The predicted octanol–water partition coefficient (Wildman–Crippen LogP) is 1.36. The predicted molar refractivity (Wildman–Crippen MR) is 69.6 cm³/mol. The first-order chi connectivity index (χ1) is 8.29. The maximum atomic E-state index is 5.43. The zero-order valence-electron chi connectivity index (χ0n) is 9.45. The molecule has 4 N–H and O–H groups in total. The van der Waals surface area contributed by atoms with E-state index in [4.69, 9.17) is 10.6 Å². The van der Waals surface area contributed by atoms with Gasteiger partial charge in [-0.1, -0.05) is 0 Å². The first-order valence-corrected chi connectivity index (χ1v) is 6.39. The van der Waals surface area contributed by atoms with Gasteiger partial charge < -0.3 is 10.1 Å². The van der Waals surface area contributed by atoms with Crippen LogP contribution in [0.5, 0.6) is 0 Å². The van der Waals surface area contributed by atoms with Crippen LogP contribution < -0.4 is 16.6 Å². The quantitative estimate of drug-likeness (QED) is 0.575. The number of hydrogen-bond acceptors (Lipinski definition) is 6. The number of aromatic nitrogens is 2. The van der Waals surface area contributed by atoms with Crippen LogP contribution in [0, 0.1) is 5.92 Å². The fourth-order valence-corrected chi connectivity index (χ4v) is 2.10. The highest BCUT2D eigenvalue weighted by Gasteiger charge is 2.14. The lowest BCUT2D eigenvalue weighted by molar-refractivity contribution is 0.0595. The minimum absolute atomic E-state index is 0.399. The van der Waals surface area contributed by atoms with E-state index < -0.39 is 0 Å². The van der Waals surface area contributed by atoms with Crippen molar-refractivity contribution in [2.24, 2.45) is 11.8 Å². The molecule has 1 aliphatic heterocycles. The van der Waals surface area contributed by atoms with Gasteiger partial charge in [-0.15, -0.1) is 0 Å². The first kappa shape index (κ1) is 12.5. The molecule has 6 nitrogen and oxygen atoms in total. The van der Waals surface area contributed by atoms with Crippen molar-refractivity contribution in [3.05, 3.63) is 10.7 Å². The molecular weight excluding hydrogens is 286 g/mol. The van der Waals surface area contributed by atoms with Crippen molar-refractivity contribution >= 4 is 27.7 Å². The number of ether oxygens (including phenoxy) is 1. The number of halogens is 1. The van der Waals surface area contributed by atoms with Gasteiger partial charge in [-0.25, -0.2) is 10.8 Å². The minimum Gasteiger partial charge on any atom is -0.381 e. The number of nitrogens with zero attached hydrogens (tertiary/aromatic N) is 2. The van der Waals surface area contributed by atoms with Gasteiger partial charge in [0.1, 0.15) is 5.82 Å². The highest BCUT2D eigenvalue weighted by Crippen LogP contribution is 2.21. The van der Waals surface area contributed by atoms with Gasteiger partial charge in [-0.2, -0.15) is 4.98 Å². The molecule has 0 aromatic carbocycles. The van der Waals surface area contributed by atoms with Gasteiger partial charge in [-0.05, 0) is 34.7 Å². The average Bonchev–Trinajstić information content (AvgIpc) is 2.39. The molecule has 1 fully saturated rings. The van der Waals surface area contributed by atoms with Crippen LogP contribution in [-0.4, -0.2) is 29.7 Å². The van der Waals surface area contributed by atoms with Crippen molar-refractivity contribution in [2.45, 2.75) is 12.8 Å². The van der Waals surface area contributed by atoms with Crippen LogP contribution in [0.25, 0.3) is 0 Å². The lowest BCUT2D eigenvalue weighted by Gasteiger charge is -2.22. The molecule has 1 aromatic rings. The van der Waals surface area contributed by atoms with Crippen LogP contribution in [0.1, 0.15) is 12.8 Å². The number of hydrogen-bond donors (Lipinski definition) is 3. The Hall–Kier alpha value is -0.920. The molecule has 0 amide bonds. The van der Waals surface area contributed by atoms with Gasteiger partial charge in [-0.3, -0.25) is 5.43 Å². The van der Waals surface area contributed by atoms with Crippen LogP contribution >= 0.6 is 15.9 Å². The van der Waals surface area contributed by atoms with E-state index in [9.17, 15) is 0 Å². The Morgan fingerprint density at radius 1 is 1.59 bits per heavy atom. The van der Waals surface area contributed by atoms with Gasteiger partial charge in [0.05, 0.1) is 11.1 Å². The molecule has 0 radical (unpaired) electrons. The van der Waals surface area contributed by atoms with E-state index in [1.54, 1.807) is 6.20 Å². The standard InChI is InChI=1S/C10H16BrN5O/c11-8-5-14-10(16-12)15-9(8)13-4-7-2-1-3-17-6-7/h5,7H,1-4,6,12H2,(H2,13,14,15,16). The summed E-state index contributed by atoms with van der Waals surface area (Å²) in [7, 11) is 0. The van der Waals surface area contributed by atoms with Gasteiger partial charge >= 0.3 is 0 Å². The molecular formula is C10H16BrN5O. The van der Waals surface area contributed by atoms with Crippen molar-refractivity contribution in [2.75, 3.05) is 30.5 Å². The maximum absolute atomic E-state index is 5.43. The zero-order valence-corrected chi connectivity index (χ0v) is 11.0.